The standard InChI is InChI=1S/C17H26N2O2/c1-17(2,19-11-5-4-6-12-19)13-18-16(20)14-7-9-15(21-3)10-8-14/h7-10H,4-6,11-13H2,1-3H3,(H,18,20). The molecule has 1 fully saturated rings. The Morgan fingerprint density at radius 2 is 1.81 bits per heavy atom. The zero-order valence-electron chi connectivity index (χ0n) is 13.3. The maximum absolute atomic E-state index is 12.2. The topological polar surface area (TPSA) is 41.6 Å². The average molecular weight is 290 g/mol. The highest BCUT2D eigenvalue weighted by Gasteiger charge is 2.28. The maximum Gasteiger partial charge on any atom is 0.251 e. The van der Waals surface area contributed by atoms with Gasteiger partial charge in [0, 0.05) is 17.6 Å². The van der Waals surface area contributed by atoms with Gasteiger partial charge in [-0.1, -0.05) is 6.42 Å². The second kappa shape index (κ2) is 6.94. The lowest BCUT2D eigenvalue weighted by Crippen LogP contribution is -2.53. The number of piperidine rings is 1. The third-order valence-corrected chi connectivity index (χ3v) is 4.25. The molecule has 0 spiro atoms. The smallest absolute Gasteiger partial charge is 0.251 e. The monoisotopic (exact) mass is 290 g/mol. The summed E-state index contributed by atoms with van der Waals surface area (Å²) in [6, 6.07) is 7.21. The minimum Gasteiger partial charge on any atom is -0.497 e. The molecule has 0 bridgehead atoms. The number of carbonyl (C=O) groups is 1. The van der Waals surface area contributed by atoms with Gasteiger partial charge in [0.1, 0.15) is 5.75 Å². The summed E-state index contributed by atoms with van der Waals surface area (Å²) in [6.45, 7) is 7.33. The number of carbonyl (C=O) groups excluding carboxylic acids is 1. The second-order valence-electron chi connectivity index (χ2n) is 6.27. The summed E-state index contributed by atoms with van der Waals surface area (Å²) in [7, 11) is 1.62. The Bertz CT molecular complexity index is 462. The molecule has 4 heteroatoms. The summed E-state index contributed by atoms with van der Waals surface area (Å²) < 4.78 is 5.10. The van der Waals surface area contributed by atoms with Gasteiger partial charge in [0.25, 0.3) is 5.91 Å². The molecule has 1 saturated heterocycles. The summed E-state index contributed by atoms with van der Waals surface area (Å²) in [5, 5.41) is 3.05. The van der Waals surface area contributed by atoms with E-state index in [1.807, 2.05) is 12.1 Å². The molecule has 1 aromatic rings. The van der Waals surface area contributed by atoms with E-state index in [2.05, 4.69) is 24.1 Å². The molecule has 1 N–H and O–H groups in total. The zero-order chi connectivity index (χ0) is 15.3. The highest BCUT2D eigenvalue weighted by Crippen LogP contribution is 2.20. The van der Waals surface area contributed by atoms with Crippen LogP contribution in [0.15, 0.2) is 24.3 Å². The number of likely N-dealkylation sites (tertiary alicyclic amines) is 1. The van der Waals surface area contributed by atoms with Crippen molar-refractivity contribution in [2.45, 2.75) is 38.6 Å². The van der Waals surface area contributed by atoms with Crippen molar-refractivity contribution in [2.75, 3.05) is 26.7 Å². The molecular weight excluding hydrogens is 264 g/mol. The van der Waals surface area contributed by atoms with E-state index in [0.717, 1.165) is 18.8 Å². The third-order valence-electron chi connectivity index (χ3n) is 4.25. The largest absolute Gasteiger partial charge is 0.497 e. The highest BCUT2D eigenvalue weighted by molar-refractivity contribution is 5.94. The summed E-state index contributed by atoms with van der Waals surface area (Å²) in [5.74, 6) is 0.739. The molecule has 1 amide bonds. The number of nitrogens with one attached hydrogen (secondary N) is 1. The highest BCUT2D eigenvalue weighted by atomic mass is 16.5. The van der Waals surface area contributed by atoms with Crippen LogP contribution in [0.2, 0.25) is 0 Å². The molecule has 0 atom stereocenters. The van der Waals surface area contributed by atoms with Crippen LogP contribution in [0.1, 0.15) is 43.5 Å². The Morgan fingerprint density at radius 3 is 2.38 bits per heavy atom. The van der Waals surface area contributed by atoms with E-state index in [-0.39, 0.29) is 11.4 Å². The van der Waals surface area contributed by atoms with E-state index < -0.39 is 0 Å². The summed E-state index contributed by atoms with van der Waals surface area (Å²) in [6.07, 6.45) is 3.84. The molecule has 0 saturated carbocycles. The van der Waals surface area contributed by atoms with Crippen LogP contribution in [-0.4, -0.2) is 43.1 Å². The number of hydrogen-bond acceptors (Lipinski definition) is 3. The number of benzene rings is 1. The van der Waals surface area contributed by atoms with Gasteiger partial charge in [0.2, 0.25) is 0 Å². The quantitative estimate of drug-likeness (QED) is 0.906. The van der Waals surface area contributed by atoms with Gasteiger partial charge in [-0.05, 0) is 64.0 Å². The summed E-state index contributed by atoms with van der Waals surface area (Å²) >= 11 is 0. The first kappa shape index (κ1) is 15.8. The van der Waals surface area contributed by atoms with Crippen molar-refractivity contribution >= 4 is 5.91 Å². The molecule has 0 radical (unpaired) electrons. The van der Waals surface area contributed by atoms with E-state index in [0.29, 0.717) is 12.1 Å². The minimum atomic E-state index is -0.0252. The number of rotatable bonds is 5. The van der Waals surface area contributed by atoms with E-state index in [9.17, 15) is 4.79 Å². The van der Waals surface area contributed by atoms with Crippen molar-refractivity contribution in [3.63, 3.8) is 0 Å². The van der Waals surface area contributed by atoms with Gasteiger partial charge < -0.3 is 10.1 Å². The Balaban J connectivity index is 1.89. The fourth-order valence-electron chi connectivity index (χ4n) is 2.75. The van der Waals surface area contributed by atoms with E-state index in [1.54, 1.807) is 19.2 Å². The van der Waals surface area contributed by atoms with Gasteiger partial charge in [-0.25, -0.2) is 0 Å². The molecule has 1 heterocycles. The number of methoxy groups -OCH3 is 1. The zero-order valence-corrected chi connectivity index (χ0v) is 13.3. The van der Waals surface area contributed by atoms with E-state index in [4.69, 9.17) is 4.74 Å². The Hall–Kier alpha value is -1.55. The van der Waals surface area contributed by atoms with Crippen LogP contribution in [0, 0.1) is 0 Å². The fraction of sp³-hybridized carbons (Fsp3) is 0.588. The molecule has 0 aromatic heterocycles. The molecule has 0 unspecified atom stereocenters. The van der Waals surface area contributed by atoms with Gasteiger partial charge >= 0.3 is 0 Å². The molecule has 0 aliphatic carbocycles. The lowest BCUT2D eigenvalue weighted by atomic mass is 9.98. The van der Waals surface area contributed by atoms with Crippen molar-refractivity contribution in [1.29, 1.82) is 0 Å². The van der Waals surface area contributed by atoms with Crippen LogP contribution in [0.4, 0.5) is 0 Å². The molecule has 21 heavy (non-hydrogen) atoms. The average Bonchev–Trinajstić information content (AvgIpc) is 2.53. The number of amides is 1. The molecular formula is C17H26N2O2. The van der Waals surface area contributed by atoms with Gasteiger partial charge in [-0.15, -0.1) is 0 Å². The predicted octanol–water partition coefficient (Wildman–Crippen LogP) is 2.69. The van der Waals surface area contributed by atoms with E-state index in [1.165, 1.54) is 19.3 Å². The SMILES string of the molecule is COc1ccc(C(=O)NCC(C)(C)N2CCCCC2)cc1. The van der Waals surface area contributed by atoms with Crippen LogP contribution < -0.4 is 10.1 Å². The van der Waals surface area contributed by atoms with Crippen LogP contribution in [0.25, 0.3) is 0 Å². The molecule has 2 rings (SSSR count). The lowest BCUT2D eigenvalue weighted by Gasteiger charge is -2.41. The lowest BCUT2D eigenvalue weighted by molar-refractivity contribution is 0.0797. The molecule has 1 aromatic carbocycles. The van der Waals surface area contributed by atoms with Gasteiger partial charge in [-0.3, -0.25) is 9.69 Å². The number of nitrogens with zero attached hydrogens (tertiary/aromatic N) is 1. The summed E-state index contributed by atoms with van der Waals surface area (Å²) in [5.41, 5.74) is 0.674. The van der Waals surface area contributed by atoms with Crippen LogP contribution in [-0.2, 0) is 0 Å². The minimum absolute atomic E-state index is 0.00253. The van der Waals surface area contributed by atoms with Crippen molar-refractivity contribution in [2.24, 2.45) is 0 Å². The Kier molecular flexibility index (Phi) is 5.23. The predicted molar refractivity (Wildman–Crippen MR) is 84.8 cm³/mol. The van der Waals surface area contributed by atoms with Gasteiger partial charge in [0.15, 0.2) is 0 Å². The fourth-order valence-corrected chi connectivity index (χ4v) is 2.75. The van der Waals surface area contributed by atoms with Crippen LogP contribution in [0.5, 0.6) is 5.75 Å². The first-order chi connectivity index (χ1) is 10.0. The molecule has 116 valence electrons. The van der Waals surface area contributed by atoms with Crippen molar-refractivity contribution in [3.8, 4) is 5.75 Å². The van der Waals surface area contributed by atoms with Gasteiger partial charge in [-0.2, -0.15) is 0 Å². The van der Waals surface area contributed by atoms with E-state index >= 15 is 0 Å². The second-order valence-corrected chi connectivity index (χ2v) is 6.27. The molecule has 4 nitrogen and oxygen atoms in total. The first-order valence-corrected chi connectivity index (χ1v) is 7.70. The number of ether oxygens (including phenoxy) is 1. The van der Waals surface area contributed by atoms with Crippen LogP contribution >= 0.6 is 0 Å². The maximum atomic E-state index is 12.2. The van der Waals surface area contributed by atoms with Crippen molar-refractivity contribution in [3.05, 3.63) is 29.8 Å². The van der Waals surface area contributed by atoms with Crippen molar-refractivity contribution in [1.82, 2.24) is 10.2 Å². The molecule has 1 aliphatic heterocycles. The number of hydrogen-bond donors (Lipinski definition) is 1. The summed E-state index contributed by atoms with van der Waals surface area (Å²) in [4.78, 5) is 14.7. The third kappa shape index (κ3) is 4.21. The first-order valence-electron chi connectivity index (χ1n) is 7.70. The Morgan fingerprint density at radius 1 is 1.19 bits per heavy atom. The molecule has 1 aliphatic rings. The van der Waals surface area contributed by atoms with Gasteiger partial charge in [0.05, 0.1) is 7.11 Å². The van der Waals surface area contributed by atoms with Crippen molar-refractivity contribution < 1.29 is 9.53 Å². The normalized spacial score (nSPS) is 16.5. The van der Waals surface area contributed by atoms with Crippen LogP contribution in [0.3, 0.4) is 0 Å². The Labute approximate surface area is 127 Å².